The highest BCUT2D eigenvalue weighted by atomic mass is 127. The van der Waals surface area contributed by atoms with E-state index >= 15 is 0 Å². The molecule has 2 rings (SSSR count). The van der Waals surface area contributed by atoms with Gasteiger partial charge in [0.15, 0.2) is 0 Å². The fraction of sp³-hybridized carbons (Fsp3) is 0.222. The van der Waals surface area contributed by atoms with E-state index in [1.807, 2.05) is 0 Å². The third kappa shape index (κ3) is 1.29. The second kappa shape index (κ2) is 2.87. The number of carbonyl (C=O) groups excluding carboxylic acids is 1. The van der Waals surface area contributed by atoms with Crippen molar-refractivity contribution >= 4 is 28.5 Å². The number of halogens is 1. The maximum atomic E-state index is 11.5. The van der Waals surface area contributed by atoms with Crippen molar-refractivity contribution in [2.75, 3.05) is 7.05 Å². The molecule has 0 spiro atoms. The summed E-state index contributed by atoms with van der Waals surface area (Å²) in [5, 5.41) is 9.31. The predicted molar refractivity (Wildman–Crippen MR) is 56.6 cm³/mol. The van der Waals surface area contributed by atoms with Gasteiger partial charge in [-0.2, -0.15) is 0 Å². The van der Waals surface area contributed by atoms with Gasteiger partial charge in [-0.1, -0.05) is 0 Å². The largest absolute Gasteiger partial charge is 0.508 e. The molecule has 0 fully saturated rings. The molecule has 1 aliphatic heterocycles. The van der Waals surface area contributed by atoms with Crippen LogP contribution in [0, 0.1) is 3.57 Å². The Labute approximate surface area is 89.5 Å². The summed E-state index contributed by atoms with van der Waals surface area (Å²) >= 11 is 2.13. The number of carbonyl (C=O) groups is 1. The van der Waals surface area contributed by atoms with E-state index in [0.717, 1.165) is 9.13 Å². The van der Waals surface area contributed by atoms with Crippen molar-refractivity contribution in [2.45, 2.75) is 6.54 Å². The molecule has 0 saturated carbocycles. The Balaban J connectivity index is 2.64. The molecule has 0 unspecified atom stereocenters. The molecule has 1 heterocycles. The molecule has 0 atom stereocenters. The Hall–Kier alpha value is -0.780. The molecule has 68 valence electrons. The van der Waals surface area contributed by atoms with Crippen molar-refractivity contribution in [1.29, 1.82) is 0 Å². The first-order valence-corrected chi connectivity index (χ1v) is 4.94. The van der Waals surface area contributed by atoms with Gasteiger partial charge in [0.1, 0.15) is 5.75 Å². The van der Waals surface area contributed by atoms with E-state index in [9.17, 15) is 9.90 Å². The van der Waals surface area contributed by atoms with Gasteiger partial charge in [-0.25, -0.2) is 0 Å². The minimum Gasteiger partial charge on any atom is -0.508 e. The van der Waals surface area contributed by atoms with Crippen molar-refractivity contribution in [1.82, 2.24) is 4.90 Å². The molecule has 0 radical (unpaired) electrons. The van der Waals surface area contributed by atoms with E-state index in [1.165, 1.54) is 6.07 Å². The van der Waals surface area contributed by atoms with Crippen molar-refractivity contribution in [2.24, 2.45) is 0 Å². The summed E-state index contributed by atoms with van der Waals surface area (Å²) in [6.45, 7) is 0.646. The van der Waals surface area contributed by atoms with Crippen LogP contribution in [0.3, 0.4) is 0 Å². The molecule has 13 heavy (non-hydrogen) atoms. The third-order valence-electron chi connectivity index (χ3n) is 2.15. The van der Waals surface area contributed by atoms with Crippen LogP contribution in [-0.4, -0.2) is 23.0 Å². The Morgan fingerprint density at radius 1 is 1.54 bits per heavy atom. The van der Waals surface area contributed by atoms with Crippen molar-refractivity contribution in [3.05, 3.63) is 26.8 Å². The molecule has 1 amide bonds. The van der Waals surface area contributed by atoms with Crippen molar-refractivity contribution < 1.29 is 9.90 Å². The molecule has 0 saturated heterocycles. The first kappa shape index (κ1) is 8.80. The number of hydrogen-bond donors (Lipinski definition) is 1. The van der Waals surface area contributed by atoms with E-state index in [-0.39, 0.29) is 11.7 Å². The molecule has 3 nitrogen and oxygen atoms in total. The Morgan fingerprint density at radius 3 is 2.92 bits per heavy atom. The second-order valence-corrected chi connectivity index (χ2v) is 4.28. The predicted octanol–water partition coefficient (Wildman–Crippen LogP) is 1.58. The molecule has 0 bridgehead atoms. The summed E-state index contributed by atoms with van der Waals surface area (Å²) in [6.07, 6.45) is 0. The number of amides is 1. The molecule has 1 aromatic rings. The lowest BCUT2D eigenvalue weighted by atomic mass is 10.1. The van der Waals surface area contributed by atoms with Crippen LogP contribution >= 0.6 is 22.6 Å². The first-order valence-electron chi connectivity index (χ1n) is 3.86. The maximum Gasteiger partial charge on any atom is 0.254 e. The summed E-state index contributed by atoms with van der Waals surface area (Å²) in [7, 11) is 1.76. The number of aromatic hydroxyl groups is 1. The molecule has 4 heteroatoms. The number of benzene rings is 1. The van der Waals surface area contributed by atoms with Crippen LogP contribution < -0.4 is 0 Å². The topological polar surface area (TPSA) is 40.5 Å². The van der Waals surface area contributed by atoms with Gasteiger partial charge < -0.3 is 10.0 Å². The lowest BCUT2D eigenvalue weighted by molar-refractivity contribution is 0.0816. The average Bonchev–Trinajstić information content (AvgIpc) is 2.32. The Kier molecular flexibility index (Phi) is 1.94. The second-order valence-electron chi connectivity index (χ2n) is 3.11. The zero-order valence-electron chi connectivity index (χ0n) is 7.04. The monoisotopic (exact) mass is 289 g/mol. The zero-order valence-corrected chi connectivity index (χ0v) is 9.20. The summed E-state index contributed by atoms with van der Waals surface area (Å²) in [5.41, 5.74) is 1.65. The van der Waals surface area contributed by atoms with Gasteiger partial charge in [0.05, 0.1) is 0 Å². The van der Waals surface area contributed by atoms with Crippen LogP contribution in [0.5, 0.6) is 5.75 Å². The van der Waals surface area contributed by atoms with Gasteiger partial charge in [0.2, 0.25) is 0 Å². The van der Waals surface area contributed by atoms with Crippen LogP contribution in [0.25, 0.3) is 0 Å². The molecular weight excluding hydrogens is 281 g/mol. The third-order valence-corrected chi connectivity index (χ3v) is 3.12. The fourth-order valence-electron chi connectivity index (χ4n) is 1.49. The van der Waals surface area contributed by atoms with Crippen LogP contribution in [-0.2, 0) is 6.54 Å². The number of phenols is 1. The van der Waals surface area contributed by atoms with Gasteiger partial charge in [-0.3, -0.25) is 4.79 Å². The number of fused-ring (bicyclic) bond motifs is 1. The minimum atomic E-state index is -0.0104. The molecule has 1 aromatic carbocycles. The number of hydrogen-bond acceptors (Lipinski definition) is 2. The quantitative estimate of drug-likeness (QED) is 0.737. The lowest BCUT2D eigenvalue weighted by Crippen LogP contribution is -2.17. The molecule has 0 aromatic heterocycles. The van der Waals surface area contributed by atoms with E-state index in [0.29, 0.717) is 12.1 Å². The zero-order chi connectivity index (χ0) is 9.59. The standard InChI is InChI=1S/C9H8INO2/c1-11-4-7-6(9(11)13)2-5(12)3-8(7)10/h2-3,12H,4H2,1H3. The van der Waals surface area contributed by atoms with Crippen LogP contribution in [0.1, 0.15) is 15.9 Å². The van der Waals surface area contributed by atoms with Gasteiger partial charge in [0, 0.05) is 22.7 Å². The van der Waals surface area contributed by atoms with Crippen LogP contribution in [0.2, 0.25) is 0 Å². The summed E-state index contributed by atoms with van der Waals surface area (Å²) in [6, 6.07) is 3.20. The molecule has 1 N–H and O–H groups in total. The first-order chi connectivity index (χ1) is 6.09. The van der Waals surface area contributed by atoms with Gasteiger partial charge in [0.25, 0.3) is 5.91 Å². The minimum absolute atomic E-state index is 0.0104. The van der Waals surface area contributed by atoms with Crippen molar-refractivity contribution in [3.8, 4) is 5.75 Å². The van der Waals surface area contributed by atoms with Crippen molar-refractivity contribution in [3.63, 3.8) is 0 Å². The normalized spacial score (nSPS) is 14.9. The number of phenolic OH excluding ortho intramolecular Hbond substituents is 1. The molecular formula is C9H8INO2. The van der Waals surface area contributed by atoms with E-state index in [2.05, 4.69) is 22.6 Å². The highest BCUT2D eigenvalue weighted by Crippen LogP contribution is 2.29. The van der Waals surface area contributed by atoms with E-state index in [1.54, 1.807) is 18.0 Å². The summed E-state index contributed by atoms with van der Waals surface area (Å²) in [4.78, 5) is 13.2. The van der Waals surface area contributed by atoms with E-state index in [4.69, 9.17) is 0 Å². The van der Waals surface area contributed by atoms with E-state index < -0.39 is 0 Å². The van der Waals surface area contributed by atoms with Gasteiger partial charge in [-0.05, 0) is 40.3 Å². The Bertz CT molecular complexity index is 389. The highest BCUT2D eigenvalue weighted by molar-refractivity contribution is 14.1. The number of nitrogens with zero attached hydrogens (tertiary/aromatic N) is 1. The summed E-state index contributed by atoms with van der Waals surface area (Å²) < 4.78 is 0.949. The average molecular weight is 289 g/mol. The van der Waals surface area contributed by atoms with Gasteiger partial charge >= 0.3 is 0 Å². The smallest absolute Gasteiger partial charge is 0.254 e. The summed E-state index contributed by atoms with van der Waals surface area (Å²) in [5.74, 6) is 0.149. The lowest BCUT2D eigenvalue weighted by Gasteiger charge is -2.04. The number of rotatable bonds is 0. The fourth-order valence-corrected chi connectivity index (χ4v) is 2.27. The van der Waals surface area contributed by atoms with Gasteiger partial charge in [-0.15, -0.1) is 0 Å². The Morgan fingerprint density at radius 2 is 2.23 bits per heavy atom. The molecule has 0 aliphatic carbocycles. The SMILES string of the molecule is CN1Cc2c(I)cc(O)cc2C1=O. The maximum absolute atomic E-state index is 11.5. The van der Waals surface area contributed by atoms with Crippen LogP contribution in [0.4, 0.5) is 0 Å². The van der Waals surface area contributed by atoms with Crippen LogP contribution in [0.15, 0.2) is 12.1 Å². The highest BCUT2D eigenvalue weighted by Gasteiger charge is 2.26. The molecule has 1 aliphatic rings.